The molecule has 1 amide bonds. The maximum atomic E-state index is 12.6. The second kappa shape index (κ2) is 7.22. The first kappa shape index (κ1) is 15.5. The van der Waals surface area contributed by atoms with Gasteiger partial charge < -0.3 is 10.2 Å². The third-order valence-corrected chi connectivity index (χ3v) is 4.02. The van der Waals surface area contributed by atoms with E-state index < -0.39 is 0 Å². The summed E-state index contributed by atoms with van der Waals surface area (Å²) in [6.07, 6.45) is 3.36. The first-order chi connectivity index (χ1) is 11.2. The minimum atomic E-state index is 0.0120. The first-order valence-electron chi connectivity index (χ1n) is 8.15. The average Bonchev–Trinajstić information content (AvgIpc) is 2.60. The Morgan fingerprint density at radius 1 is 1.13 bits per heavy atom. The molecule has 1 aromatic carbocycles. The molecule has 120 valence electrons. The van der Waals surface area contributed by atoms with Gasteiger partial charge in [-0.3, -0.25) is 4.79 Å². The third-order valence-electron chi connectivity index (χ3n) is 4.02. The number of likely N-dealkylation sites (tertiary alicyclic amines) is 1. The van der Waals surface area contributed by atoms with Gasteiger partial charge in [0.25, 0.3) is 5.91 Å². The Morgan fingerprint density at radius 2 is 1.87 bits per heavy atom. The Balaban J connectivity index is 1.72. The largest absolute Gasteiger partial charge is 0.366 e. The molecule has 3 rings (SSSR count). The van der Waals surface area contributed by atoms with Gasteiger partial charge in [0.15, 0.2) is 0 Å². The molecule has 0 spiro atoms. The number of amides is 1. The van der Waals surface area contributed by atoms with Crippen molar-refractivity contribution < 1.29 is 4.79 Å². The first-order valence-corrected chi connectivity index (χ1v) is 8.15. The quantitative estimate of drug-likeness (QED) is 0.943. The molecule has 1 aliphatic heterocycles. The molecule has 0 bridgehead atoms. The molecule has 0 radical (unpaired) electrons. The highest BCUT2D eigenvalue weighted by Gasteiger charge is 2.20. The van der Waals surface area contributed by atoms with Crippen LogP contribution in [0.3, 0.4) is 0 Å². The van der Waals surface area contributed by atoms with E-state index in [2.05, 4.69) is 27.4 Å². The van der Waals surface area contributed by atoms with Crippen molar-refractivity contribution in [2.45, 2.75) is 32.7 Å². The van der Waals surface area contributed by atoms with Crippen LogP contribution in [0.2, 0.25) is 0 Å². The Kier molecular flexibility index (Phi) is 4.86. The predicted molar refractivity (Wildman–Crippen MR) is 90.3 cm³/mol. The fourth-order valence-electron chi connectivity index (χ4n) is 2.82. The van der Waals surface area contributed by atoms with E-state index in [0.29, 0.717) is 23.9 Å². The Morgan fingerprint density at radius 3 is 2.61 bits per heavy atom. The smallest absolute Gasteiger partial charge is 0.272 e. The van der Waals surface area contributed by atoms with Crippen LogP contribution in [0.15, 0.2) is 36.4 Å². The summed E-state index contributed by atoms with van der Waals surface area (Å²) in [6, 6.07) is 11.9. The maximum Gasteiger partial charge on any atom is 0.272 e. The summed E-state index contributed by atoms with van der Waals surface area (Å²) in [5, 5.41) is 3.28. The van der Waals surface area contributed by atoms with E-state index >= 15 is 0 Å². The number of aromatic nitrogens is 2. The zero-order valence-electron chi connectivity index (χ0n) is 13.5. The number of nitrogens with zero attached hydrogens (tertiary/aromatic N) is 3. The van der Waals surface area contributed by atoms with Gasteiger partial charge in [0.05, 0.1) is 0 Å². The Hall–Kier alpha value is -2.43. The summed E-state index contributed by atoms with van der Waals surface area (Å²) in [6.45, 7) is 4.15. The van der Waals surface area contributed by atoms with E-state index in [1.165, 1.54) is 12.0 Å². The second-order valence-corrected chi connectivity index (χ2v) is 5.88. The Labute approximate surface area is 136 Å². The van der Waals surface area contributed by atoms with Crippen molar-refractivity contribution in [3.8, 4) is 0 Å². The van der Waals surface area contributed by atoms with Crippen molar-refractivity contribution >= 4 is 11.7 Å². The molecule has 23 heavy (non-hydrogen) atoms. The van der Waals surface area contributed by atoms with Crippen molar-refractivity contribution in [2.75, 3.05) is 18.4 Å². The second-order valence-electron chi connectivity index (χ2n) is 5.88. The zero-order valence-corrected chi connectivity index (χ0v) is 13.5. The number of aryl methyl sites for hydroxylation is 1. The van der Waals surface area contributed by atoms with E-state index in [1.54, 1.807) is 6.07 Å². The van der Waals surface area contributed by atoms with Gasteiger partial charge in [-0.15, -0.1) is 0 Å². The number of carbonyl (C=O) groups is 1. The molecule has 0 atom stereocenters. The van der Waals surface area contributed by atoms with Crippen molar-refractivity contribution in [3.63, 3.8) is 0 Å². The van der Waals surface area contributed by atoms with E-state index in [-0.39, 0.29) is 5.91 Å². The maximum absolute atomic E-state index is 12.6. The van der Waals surface area contributed by atoms with Crippen LogP contribution < -0.4 is 5.32 Å². The minimum Gasteiger partial charge on any atom is -0.366 e. The van der Waals surface area contributed by atoms with E-state index in [1.807, 2.05) is 30.0 Å². The fourth-order valence-corrected chi connectivity index (χ4v) is 2.82. The van der Waals surface area contributed by atoms with Crippen molar-refractivity contribution in [2.24, 2.45) is 0 Å². The number of anilines is 1. The van der Waals surface area contributed by atoms with E-state index in [0.717, 1.165) is 25.9 Å². The number of benzene rings is 1. The molecule has 1 saturated heterocycles. The highest BCUT2D eigenvalue weighted by molar-refractivity contribution is 5.93. The van der Waals surface area contributed by atoms with Gasteiger partial charge in [0, 0.05) is 25.7 Å². The molecule has 1 aromatic heterocycles. The van der Waals surface area contributed by atoms with Crippen molar-refractivity contribution in [1.29, 1.82) is 0 Å². The van der Waals surface area contributed by atoms with Crippen LogP contribution in [-0.2, 0) is 6.54 Å². The molecule has 1 N–H and O–H groups in total. The van der Waals surface area contributed by atoms with Crippen LogP contribution in [0.25, 0.3) is 0 Å². The summed E-state index contributed by atoms with van der Waals surface area (Å²) in [4.78, 5) is 23.2. The van der Waals surface area contributed by atoms with Gasteiger partial charge in [-0.2, -0.15) is 0 Å². The Bertz CT molecular complexity index is 666. The lowest BCUT2D eigenvalue weighted by atomic mass is 10.1. The lowest BCUT2D eigenvalue weighted by Crippen LogP contribution is -2.36. The van der Waals surface area contributed by atoms with Crippen LogP contribution in [0.1, 0.15) is 41.1 Å². The summed E-state index contributed by atoms with van der Waals surface area (Å²) >= 11 is 0. The monoisotopic (exact) mass is 310 g/mol. The number of hydrogen-bond donors (Lipinski definition) is 1. The highest BCUT2D eigenvalue weighted by atomic mass is 16.2. The normalized spacial score (nSPS) is 14.6. The number of hydrogen-bond acceptors (Lipinski definition) is 4. The predicted octanol–water partition coefficient (Wildman–Crippen LogP) is 3.02. The topological polar surface area (TPSA) is 58.1 Å². The summed E-state index contributed by atoms with van der Waals surface area (Å²) in [5.74, 6) is 1.32. The summed E-state index contributed by atoms with van der Waals surface area (Å²) in [5.41, 5.74) is 1.66. The van der Waals surface area contributed by atoms with Crippen LogP contribution >= 0.6 is 0 Å². The van der Waals surface area contributed by atoms with Crippen molar-refractivity contribution in [3.05, 3.63) is 53.5 Å². The van der Waals surface area contributed by atoms with Gasteiger partial charge in [0.2, 0.25) is 0 Å². The van der Waals surface area contributed by atoms with Gasteiger partial charge in [-0.25, -0.2) is 9.97 Å². The van der Waals surface area contributed by atoms with Crippen LogP contribution in [-0.4, -0.2) is 33.9 Å². The molecular formula is C18H22N4O. The van der Waals surface area contributed by atoms with E-state index in [9.17, 15) is 4.79 Å². The van der Waals surface area contributed by atoms with E-state index in [4.69, 9.17) is 0 Å². The molecule has 2 heterocycles. The molecule has 2 aromatic rings. The number of rotatable bonds is 4. The molecule has 5 nitrogen and oxygen atoms in total. The lowest BCUT2D eigenvalue weighted by molar-refractivity contribution is 0.0718. The molecule has 5 heteroatoms. The van der Waals surface area contributed by atoms with Crippen molar-refractivity contribution in [1.82, 2.24) is 14.9 Å². The van der Waals surface area contributed by atoms with Gasteiger partial charge in [0.1, 0.15) is 17.3 Å². The third kappa shape index (κ3) is 4.06. The average molecular weight is 310 g/mol. The van der Waals surface area contributed by atoms with Crippen LogP contribution in [0.4, 0.5) is 5.82 Å². The van der Waals surface area contributed by atoms with Gasteiger partial charge in [-0.1, -0.05) is 30.3 Å². The summed E-state index contributed by atoms with van der Waals surface area (Å²) < 4.78 is 0. The number of nitrogens with one attached hydrogen (secondary N) is 1. The molecule has 0 unspecified atom stereocenters. The highest BCUT2D eigenvalue weighted by Crippen LogP contribution is 2.15. The van der Waals surface area contributed by atoms with Crippen LogP contribution in [0, 0.1) is 6.92 Å². The SMILES string of the molecule is Cc1nc(NCc2ccccc2)cc(C(=O)N2CCCCC2)n1. The summed E-state index contributed by atoms with van der Waals surface area (Å²) in [7, 11) is 0. The lowest BCUT2D eigenvalue weighted by Gasteiger charge is -2.26. The van der Waals surface area contributed by atoms with Gasteiger partial charge >= 0.3 is 0 Å². The fraction of sp³-hybridized carbons (Fsp3) is 0.389. The minimum absolute atomic E-state index is 0.0120. The molecular weight excluding hydrogens is 288 g/mol. The molecule has 1 fully saturated rings. The van der Waals surface area contributed by atoms with Gasteiger partial charge in [-0.05, 0) is 31.7 Å². The zero-order chi connectivity index (χ0) is 16.1. The molecule has 0 aliphatic carbocycles. The van der Waals surface area contributed by atoms with Crippen LogP contribution in [0.5, 0.6) is 0 Å². The molecule has 1 aliphatic rings. The molecule has 0 saturated carbocycles. The number of carbonyl (C=O) groups excluding carboxylic acids is 1. The number of piperidine rings is 1. The standard InChI is InChI=1S/C18H22N4O/c1-14-20-16(18(23)22-10-6-3-7-11-22)12-17(21-14)19-13-15-8-4-2-5-9-15/h2,4-5,8-9,12H,3,6-7,10-11,13H2,1H3,(H,19,20,21).